The summed E-state index contributed by atoms with van der Waals surface area (Å²) in [6.45, 7) is 3.77. The SMILES string of the molecule is Cc1cccc2c(=O)n(CC(=O)N(CCN(C)C)Cc3ccccc3)cnc12. The van der Waals surface area contributed by atoms with Crippen molar-refractivity contribution in [3.63, 3.8) is 0 Å². The first kappa shape index (κ1) is 19.8. The van der Waals surface area contributed by atoms with Crippen molar-refractivity contribution in [2.75, 3.05) is 27.2 Å². The fourth-order valence-corrected chi connectivity index (χ4v) is 3.11. The molecule has 1 aromatic heterocycles. The van der Waals surface area contributed by atoms with Gasteiger partial charge in [-0.3, -0.25) is 14.2 Å². The zero-order chi connectivity index (χ0) is 20.1. The van der Waals surface area contributed by atoms with Crippen molar-refractivity contribution in [3.8, 4) is 0 Å². The Morgan fingerprint density at radius 3 is 2.50 bits per heavy atom. The normalized spacial score (nSPS) is 11.1. The number of aromatic nitrogens is 2. The van der Waals surface area contributed by atoms with E-state index in [0.29, 0.717) is 24.0 Å². The zero-order valence-electron chi connectivity index (χ0n) is 16.6. The summed E-state index contributed by atoms with van der Waals surface area (Å²) in [5, 5.41) is 0.540. The summed E-state index contributed by atoms with van der Waals surface area (Å²) in [5.74, 6) is -0.0957. The third-order valence-electron chi connectivity index (χ3n) is 4.75. The number of benzene rings is 2. The topological polar surface area (TPSA) is 58.4 Å². The highest BCUT2D eigenvalue weighted by Crippen LogP contribution is 2.11. The summed E-state index contributed by atoms with van der Waals surface area (Å²) in [5.41, 5.74) is 2.51. The first-order valence-electron chi connectivity index (χ1n) is 9.37. The molecule has 3 rings (SSSR count). The maximum absolute atomic E-state index is 13.0. The molecular weight excluding hydrogens is 352 g/mol. The van der Waals surface area contributed by atoms with Gasteiger partial charge in [-0.2, -0.15) is 0 Å². The lowest BCUT2D eigenvalue weighted by Crippen LogP contribution is -2.39. The standard InChI is InChI=1S/C22H26N4O2/c1-17-8-7-11-19-21(17)23-16-26(22(19)28)15-20(27)25(13-12-24(2)3)14-18-9-5-4-6-10-18/h4-11,16H,12-15H2,1-3H3. The van der Waals surface area contributed by atoms with Crippen LogP contribution in [0.15, 0.2) is 59.7 Å². The fourth-order valence-electron chi connectivity index (χ4n) is 3.11. The van der Waals surface area contributed by atoms with Gasteiger partial charge in [-0.15, -0.1) is 0 Å². The van der Waals surface area contributed by atoms with Crippen LogP contribution in [0.4, 0.5) is 0 Å². The highest BCUT2D eigenvalue weighted by Gasteiger charge is 2.16. The predicted molar refractivity (Wildman–Crippen MR) is 111 cm³/mol. The first-order chi connectivity index (χ1) is 13.5. The van der Waals surface area contributed by atoms with Crippen LogP contribution in [0.2, 0.25) is 0 Å². The van der Waals surface area contributed by atoms with Crippen molar-refractivity contribution in [1.29, 1.82) is 0 Å². The minimum atomic E-state index is -0.186. The van der Waals surface area contributed by atoms with Crippen LogP contribution < -0.4 is 5.56 Å². The molecule has 0 bridgehead atoms. The second kappa shape index (κ2) is 8.80. The van der Waals surface area contributed by atoms with Crippen LogP contribution in [0, 0.1) is 6.92 Å². The van der Waals surface area contributed by atoms with Gasteiger partial charge < -0.3 is 9.80 Å². The molecule has 1 amide bonds. The van der Waals surface area contributed by atoms with Crippen LogP contribution in [0.1, 0.15) is 11.1 Å². The summed E-state index contributed by atoms with van der Waals surface area (Å²) in [6, 6.07) is 15.4. The van der Waals surface area contributed by atoms with E-state index in [-0.39, 0.29) is 18.0 Å². The van der Waals surface area contributed by atoms with Crippen LogP contribution in [0.3, 0.4) is 0 Å². The maximum Gasteiger partial charge on any atom is 0.261 e. The highest BCUT2D eigenvalue weighted by molar-refractivity contribution is 5.81. The molecule has 0 unspecified atom stereocenters. The van der Waals surface area contributed by atoms with Gasteiger partial charge in [0.15, 0.2) is 0 Å². The van der Waals surface area contributed by atoms with Gasteiger partial charge in [-0.05, 0) is 38.2 Å². The smallest absolute Gasteiger partial charge is 0.261 e. The molecule has 0 saturated heterocycles. The van der Waals surface area contributed by atoms with Crippen molar-refractivity contribution >= 4 is 16.8 Å². The number of fused-ring (bicyclic) bond motifs is 1. The number of carbonyl (C=O) groups excluding carboxylic acids is 1. The lowest BCUT2D eigenvalue weighted by molar-refractivity contribution is -0.132. The molecule has 0 saturated carbocycles. The molecule has 6 heteroatoms. The summed E-state index contributed by atoms with van der Waals surface area (Å²) in [4.78, 5) is 34.0. The van der Waals surface area contributed by atoms with E-state index < -0.39 is 0 Å². The number of para-hydroxylation sites is 1. The first-order valence-corrected chi connectivity index (χ1v) is 9.37. The van der Waals surface area contributed by atoms with Gasteiger partial charge >= 0.3 is 0 Å². The number of amides is 1. The number of nitrogens with zero attached hydrogens (tertiary/aromatic N) is 4. The summed E-state index contributed by atoms with van der Waals surface area (Å²) >= 11 is 0. The van der Waals surface area contributed by atoms with Crippen LogP contribution >= 0.6 is 0 Å². The van der Waals surface area contributed by atoms with Gasteiger partial charge in [-0.25, -0.2) is 4.98 Å². The maximum atomic E-state index is 13.0. The summed E-state index contributed by atoms with van der Waals surface area (Å²) in [6.07, 6.45) is 1.47. The molecule has 0 spiro atoms. The fraction of sp³-hybridized carbons (Fsp3) is 0.318. The monoisotopic (exact) mass is 378 g/mol. The minimum Gasteiger partial charge on any atom is -0.336 e. The number of carbonyl (C=O) groups is 1. The van der Waals surface area contributed by atoms with Gasteiger partial charge in [0.05, 0.1) is 17.2 Å². The van der Waals surface area contributed by atoms with E-state index >= 15 is 0 Å². The third kappa shape index (κ3) is 4.64. The molecule has 0 aliphatic rings. The van der Waals surface area contributed by atoms with Gasteiger partial charge in [0, 0.05) is 19.6 Å². The Morgan fingerprint density at radius 2 is 1.79 bits per heavy atom. The molecule has 2 aromatic carbocycles. The van der Waals surface area contributed by atoms with Crippen molar-refractivity contribution < 1.29 is 4.79 Å². The Kier molecular flexibility index (Phi) is 6.21. The van der Waals surface area contributed by atoms with Crippen LogP contribution in [-0.4, -0.2) is 52.4 Å². The number of hydrogen-bond donors (Lipinski definition) is 0. The molecular formula is C22H26N4O2. The summed E-state index contributed by atoms with van der Waals surface area (Å²) in [7, 11) is 3.95. The number of hydrogen-bond acceptors (Lipinski definition) is 4. The van der Waals surface area contributed by atoms with E-state index in [9.17, 15) is 9.59 Å². The lowest BCUT2D eigenvalue weighted by atomic mass is 10.1. The van der Waals surface area contributed by atoms with E-state index in [0.717, 1.165) is 17.7 Å². The Balaban J connectivity index is 1.83. The molecule has 0 fully saturated rings. The second-order valence-corrected chi connectivity index (χ2v) is 7.25. The molecule has 0 N–H and O–H groups in total. The Bertz CT molecular complexity index is 1010. The summed E-state index contributed by atoms with van der Waals surface area (Å²) < 4.78 is 1.40. The zero-order valence-corrected chi connectivity index (χ0v) is 16.6. The van der Waals surface area contributed by atoms with Gasteiger partial charge in [0.1, 0.15) is 6.54 Å². The number of rotatable bonds is 7. The molecule has 1 heterocycles. The van der Waals surface area contributed by atoms with Crippen molar-refractivity contribution in [1.82, 2.24) is 19.4 Å². The van der Waals surface area contributed by atoms with Gasteiger partial charge in [0.25, 0.3) is 5.56 Å². The van der Waals surface area contributed by atoms with E-state index in [1.807, 2.05) is 68.4 Å². The van der Waals surface area contributed by atoms with E-state index in [1.165, 1.54) is 10.9 Å². The largest absolute Gasteiger partial charge is 0.336 e. The highest BCUT2D eigenvalue weighted by atomic mass is 16.2. The van der Waals surface area contributed by atoms with Crippen molar-refractivity contribution in [3.05, 3.63) is 76.3 Å². The van der Waals surface area contributed by atoms with Crippen LogP contribution in [-0.2, 0) is 17.9 Å². The van der Waals surface area contributed by atoms with Gasteiger partial charge in [0.2, 0.25) is 5.91 Å². The molecule has 0 atom stereocenters. The molecule has 146 valence electrons. The molecule has 0 aliphatic carbocycles. The quantitative estimate of drug-likeness (QED) is 0.633. The molecule has 28 heavy (non-hydrogen) atoms. The Labute approximate surface area is 165 Å². The van der Waals surface area contributed by atoms with Gasteiger partial charge in [-0.1, -0.05) is 42.5 Å². The third-order valence-corrected chi connectivity index (χ3v) is 4.75. The average Bonchev–Trinajstić information content (AvgIpc) is 2.68. The van der Waals surface area contributed by atoms with E-state index in [4.69, 9.17) is 0 Å². The van der Waals surface area contributed by atoms with E-state index in [1.54, 1.807) is 11.0 Å². The Hall–Kier alpha value is -2.99. The number of likely N-dealkylation sites (N-methyl/N-ethyl adjacent to an activating group) is 1. The Morgan fingerprint density at radius 1 is 1.04 bits per heavy atom. The minimum absolute atomic E-state index is 0.0179. The van der Waals surface area contributed by atoms with Crippen molar-refractivity contribution in [2.45, 2.75) is 20.0 Å². The molecule has 3 aromatic rings. The van der Waals surface area contributed by atoms with Crippen molar-refractivity contribution in [2.24, 2.45) is 0 Å². The van der Waals surface area contributed by atoms with E-state index in [2.05, 4.69) is 4.98 Å². The number of aryl methyl sites for hydroxylation is 1. The molecule has 0 aliphatic heterocycles. The molecule has 6 nitrogen and oxygen atoms in total. The second-order valence-electron chi connectivity index (χ2n) is 7.25. The lowest BCUT2D eigenvalue weighted by Gasteiger charge is -2.25. The molecule has 0 radical (unpaired) electrons. The predicted octanol–water partition coefficient (Wildman–Crippen LogP) is 2.30. The van der Waals surface area contributed by atoms with Crippen LogP contribution in [0.5, 0.6) is 0 Å². The average molecular weight is 378 g/mol. The van der Waals surface area contributed by atoms with Crippen LogP contribution in [0.25, 0.3) is 10.9 Å².